The molecule has 0 spiro atoms. The lowest BCUT2D eigenvalue weighted by molar-refractivity contribution is 0.0527. The zero-order chi connectivity index (χ0) is 26.9. The summed E-state index contributed by atoms with van der Waals surface area (Å²) < 4.78 is 6.23. The molecule has 1 saturated heterocycles. The Labute approximate surface area is 234 Å². The topological polar surface area (TPSA) is 36.7 Å². The molecule has 0 atom stereocenters. The predicted molar refractivity (Wildman–Crippen MR) is 158 cm³/mol. The molecule has 0 aliphatic carbocycles. The molecule has 0 bridgehead atoms. The van der Waals surface area contributed by atoms with E-state index in [0.717, 1.165) is 61.5 Å². The Hall–Kier alpha value is -2.56. The van der Waals surface area contributed by atoms with Crippen molar-refractivity contribution in [1.29, 1.82) is 0 Å². The van der Waals surface area contributed by atoms with Gasteiger partial charge in [0.2, 0.25) is 0 Å². The van der Waals surface area contributed by atoms with Crippen LogP contribution in [0, 0.1) is 5.92 Å². The minimum absolute atomic E-state index is 0.0893. The summed E-state index contributed by atoms with van der Waals surface area (Å²) in [5.74, 6) is 2.37. The number of carbonyl (C=O) groups excluding carboxylic acids is 1. The first-order valence-corrected chi connectivity index (χ1v) is 14.8. The van der Waals surface area contributed by atoms with Gasteiger partial charge in [-0.3, -0.25) is 4.79 Å². The van der Waals surface area contributed by atoms with Gasteiger partial charge in [-0.15, -0.1) is 0 Å². The van der Waals surface area contributed by atoms with E-state index in [4.69, 9.17) is 16.0 Å². The number of hydrogen-bond acceptors (Lipinski definition) is 3. The minimum Gasteiger partial charge on any atom is -0.459 e. The van der Waals surface area contributed by atoms with Crippen molar-refractivity contribution >= 4 is 17.5 Å². The van der Waals surface area contributed by atoms with Crippen LogP contribution in [-0.4, -0.2) is 41.4 Å². The lowest BCUT2D eigenvalue weighted by atomic mass is 10.00. The Morgan fingerprint density at radius 1 is 1.05 bits per heavy atom. The third-order valence-electron chi connectivity index (χ3n) is 7.65. The molecule has 38 heavy (non-hydrogen) atoms. The smallest absolute Gasteiger partial charge is 0.254 e. The van der Waals surface area contributed by atoms with Crippen molar-refractivity contribution in [3.8, 4) is 11.3 Å². The maximum absolute atomic E-state index is 13.9. The van der Waals surface area contributed by atoms with Crippen LogP contribution in [-0.2, 0) is 13.0 Å². The molecule has 1 aromatic heterocycles. The second kappa shape index (κ2) is 14.0. The Balaban J connectivity index is 1.49. The summed E-state index contributed by atoms with van der Waals surface area (Å²) >= 11 is 6.20. The number of unbranched alkanes of at least 4 members (excludes halogenated alkanes) is 2. The van der Waals surface area contributed by atoms with Crippen LogP contribution >= 0.6 is 11.6 Å². The quantitative estimate of drug-likeness (QED) is 0.218. The number of rotatable bonds is 12. The molecule has 4 nitrogen and oxygen atoms in total. The molecule has 204 valence electrons. The second-order valence-electron chi connectivity index (χ2n) is 11.1. The average molecular weight is 535 g/mol. The molecule has 1 amide bonds. The Kier molecular flexibility index (Phi) is 10.5. The molecule has 2 aromatic carbocycles. The number of amides is 1. The largest absolute Gasteiger partial charge is 0.459 e. The fourth-order valence-corrected chi connectivity index (χ4v) is 5.44. The number of carbonyl (C=O) groups is 1. The lowest BCUT2D eigenvalue weighted by Crippen LogP contribution is -2.47. The third-order valence-corrected chi connectivity index (χ3v) is 7.88. The van der Waals surface area contributed by atoms with E-state index in [1.807, 2.05) is 53.4 Å². The summed E-state index contributed by atoms with van der Waals surface area (Å²) in [7, 11) is 0. The third kappa shape index (κ3) is 7.97. The molecular weight excluding hydrogens is 492 g/mol. The van der Waals surface area contributed by atoms with Gasteiger partial charge in [0.15, 0.2) is 0 Å². The van der Waals surface area contributed by atoms with Crippen molar-refractivity contribution in [2.75, 3.05) is 19.6 Å². The van der Waals surface area contributed by atoms with Crippen LogP contribution in [0.25, 0.3) is 11.3 Å². The maximum atomic E-state index is 13.9. The average Bonchev–Trinajstić information content (AvgIpc) is 3.40. The fraction of sp³-hybridized carbons (Fsp3) is 0.485. The molecule has 4 rings (SSSR count). The van der Waals surface area contributed by atoms with Crippen molar-refractivity contribution in [2.45, 2.75) is 78.3 Å². The Morgan fingerprint density at radius 3 is 2.50 bits per heavy atom. The van der Waals surface area contributed by atoms with E-state index in [9.17, 15) is 4.79 Å². The summed E-state index contributed by atoms with van der Waals surface area (Å²) in [4.78, 5) is 18.5. The van der Waals surface area contributed by atoms with Gasteiger partial charge < -0.3 is 14.2 Å². The molecule has 0 radical (unpaired) electrons. The molecule has 0 saturated carbocycles. The number of aryl methyl sites for hydroxylation is 1. The van der Waals surface area contributed by atoms with Gasteiger partial charge >= 0.3 is 0 Å². The van der Waals surface area contributed by atoms with Gasteiger partial charge in [0.25, 0.3) is 5.91 Å². The highest BCUT2D eigenvalue weighted by Crippen LogP contribution is 2.28. The Morgan fingerprint density at radius 2 is 1.82 bits per heavy atom. The molecular formula is C33H43ClN2O2. The van der Waals surface area contributed by atoms with E-state index < -0.39 is 0 Å². The highest BCUT2D eigenvalue weighted by atomic mass is 35.5. The first kappa shape index (κ1) is 28.4. The van der Waals surface area contributed by atoms with Gasteiger partial charge in [-0.05, 0) is 86.5 Å². The molecule has 5 heteroatoms. The number of hydrogen-bond donors (Lipinski definition) is 0. The van der Waals surface area contributed by atoms with Gasteiger partial charge in [0.1, 0.15) is 11.5 Å². The van der Waals surface area contributed by atoms with Crippen LogP contribution in [0.5, 0.6) is 0 Å². The van der Waals surface area contributed by atoms with E-state index in [0.29, 0.717) is 17.5 Å². The highest BCUT2D eigenvalue weighted by molar-refractivity contribution is 6.30. The summed E-state index contributed by atoms with van der Waals surface area (Å²) in [6.45, 7) is 10.5. The minimum atomic E-state index is 0.0893. The zero-order valence-electron chi connectivity index (χ0n) is 23.3. The van der Waals surface area contributed by atoms with Gasteiger partial charge in [0, 0.05) is 35.3 Å². The lowest BCUT2D eigenvalue weighted by Gasteiger charge is -2.38. The van der Waals surface area contributed by atoms with Crippen LogP contribution in [0.2, 0.25) is 5.02 Å². The van der Waals surface area contributed by atoms with Crippen LogP contribution in [0.3, 0.4) is 0 Å². The summed E-state index contributed by atoms with van der Waals surface area (Å²) in [5.41, 5.74) is 3.00. The fourth-order valence-electron chi connectivity index (χ4n) is 5.25. The standard InChI is InChI=1S/C33H43ClN2O2/c1-4-5-6-8-26-11-13-27(14-12-26)33(37)36(30-18-21-35(22-19-30)20-17-25(2)3)24-31-15-16-32(38-31)28-9-7-10-29(34)23-28/h7,9-16,23,25,30H,4-6,8,17-22,24H2,1-3H3. The van der Waals surface area contributed by atoms with Crippen molar-refractivity contribution in [3.05, 3.63) is 82.6 Å². The van der Waals surface area contributed by atoms with E-state index in [2.05, 4.69) is 37.8 Å². The zero-order valence-corrected chi connectivity index (χ0v) is 24.1. The number of nitrogens with zero attached hydrogens (tertiary/aromatic N) is 2. The van der Waals surface area contributed by atoms with Crippen LogP contribution in [0.15, 0.2) is 65.1 Å². The first-order valence-electron chi connectivity index (χ1n) is 14.4. The summed E-state index contributed by atoms with van der Waals surface area (Å²) in [6, 6.07) is 20.1. The van der Waals surface area contributed by atoms with Crippen molar-refractivity contribution in [1.82, 2.24) is 9.80 Å². The second-order valence-corrected chi connectivity index (χ2v) is 11.6. The van der Waals surface area contributed by atoms with Gasteiger partial charge in [-0.25, -0.2) is 0 Å². The SMILES string of the molecule is CCCCCc1ccc(C(=O)N(Cc2ccc(-c3cccc(Cl)c3)o2)C2CCN(CCC(C)C)CC2)cc1. The first-order chi connectivity index (χ1) is 18.4. The van der Waals surface area contributed by atoms with E-state index in [1.165, 1.54) is 31.2 Å². The number of halogens is 1. The predicted octanol–water partition coefficient (Wildman–Crippen LogP) is 8.49. The molecule has 1 fully saturated rings. The molecule has 1 aliphatic rings. The number of piperidine rings is 1. The molecule has 0 N–H and O–H groups in total. The van der Waals surface area contributed by atoms with E-state index in [-0.39, 0.29) is 11.9 Å². The monoisotopic (exact) mass is 534 g/mol. The molecule has 0 unspecified atom stereocenters. The van der Waals surface area contributed by atoms with Crippen LogP contribution in [0.4, 0.5) is 0 Å². The van der Waals surface area contributed by atoms with E-state index >= 15 is 0 Å². The number of benzene rings is 2. The van der Waals surface area contributed by atoms with Crippen molar-refractivity contribution in [3.63, 3.8) is 0 Å². The highest BCUT2D eigenvalue weighted by Gasteiger charge is 2.29. The van der Waals surface area contributed by atoms with Crippen molar-refractivity contribution in [2.24, 2.45) is 5.92 Å². The molecule has 1 aliphatic heterocycles. The van der Waals surface area contributed by atoms with Gasteiger partial charge in [0.05, 0.1) is 6.54 Å². The van der Waals surface area contributed by atoms with Crippen LogP contribution < -0.4 is 0 Å². The molecule has 3 aromatic rings. The number of likely N-dealkylation sites (tertiary alicyclic amines) is 1. The summed E-state index contributed by atoms with van der Waals surface area (Å²) in [6.07, 6.45) is 7.91. The van der Waals surface area contributed by atoms with Crippen molar-refractivity contribution < 1.29 is 9.21 Å². The van der Waals surface area contributed by atoms with Gasteiger partial charge in [-0.1, -0.05) is 69.5 Å². The molecule has 2 heterocycles. The van der Waals surface area contributed by atoms with Crippen LogP contribution in [0.1, 0.15) is 81.0 Å². The van der Waals surface area contributed by atoms with Gasteiger partial charge in [-0.2, -0.15) is 0 Å². The number of furan rings is 1. The normalized spacial score (nSPS) is 14.8. The Bertz CT molecular complexity index is 1150. The van der Waals surface area contributed by atoms with E-state index in [1.54, 1.807) is 0 Å². The maximum Gasteiger partial charge on any atom is 0.254 e. The summed E-state index contributed by atoms with van der Waals surface area (Å²) in [5, 5.41) is 0.680.